The van der Waals surface area contributed by atoms with Gasteiger partial charge in [0, 0.05) is 31.8 Å². The first-order valence-corrected chi connectivity index (χ1v) is 10.1. The number of aromatic nitrogens is 8. The van der Waals surface area contributed by atoms with Gasteiger partial charge < -0.3 is 19.8 Å². The van der Waals surface area contributed by atoms with Crippen LogP contribution in [0.4, 0.5) is 23.1 Å². The van der Waals surface area contributed by atoms with E-state index in [1.807, 2.05) is 20.9 Å². The number of ether oxygens (including phenoxy) is 1. The van der Waals surface area contributed by atoms with E-state index >= 15 is 0 Å². The van der Waals surface area contributed by atoms with Crippen LogP contribution in [0.25, 0.3) is 22.3 Å². The van der Waals surface area contributed by atoms with Crippen LogP contribution in [-0.2, 0) is 7.05 Å². The van der Waals surface area contributed by atoms with Gasteiger partial charge in [-0.05, 0) is 19.4 Å². The van der Waals surface area contributed by atoms with E-state index in [-0.39, 0.29) is 0 Å². The van der Waals surface area contributed by atoms with Gasteiger partial charge in [-0.25, -0.2) is 9.97 Å². The molecule has 0 saturated carbocycles. The molecule has 0 saturated heterocycles. The van der Waals surface area contributed by atoms with Gasteiger partial charge in [-0.2, -0.15) is 10.1 Å². The molecule has 5 aromatic rings. The molecular formula is C21H22N10O2. The lowest BCUT2D eigenvalue weighted by Gasteiger charge is -2.08. The molecule has 5 rings (SSSR count). The number of anilines is 4. The maximum Gasteiger partial charge on any atom is 0.256 e. The third kappa shape index (κ3) is 3.71. The molecule has 0 fully saturated rings. The summed E-state index contributed by atoms with van der Waals surface area (Å²) in [5.74, 6) is 2.76. The predicted octanol–water partition coefficient (Wildman–Crippen LogP) is 3.56. The zero-order valence-electron chi connectivity index (χ0n) is 18.8. The zero-order chi connectivity index (χ0) is 23.1. The van der Waals surface area contributed by atoms with Crippen molar-refractivity contribution in [2.75, 3.05) is 17.7 Å². The van der Waals surface area contributed by atoms with E-state index in [2.05, 4.69) is 40.9 Å². The van der Waals surface area contributed by atoms with E-state index in [0.29, 0.717) is 46.4 Å². The first-order chi connectivity index (χ1) is 15.9. The summed E-state index contributed by atoms with van der Waals surface area (Å²) in [6.07, 6.45) is 6.99. The molecule has 0 bridgehead atoms. The first kappa shape index (κ1) is 20.4. The fourth-order valence-corrected chi connectivity index (χ4v) is 3.55. The van der Waals surface area contributed by atoms with E-state index < -0.39 is 0 Å². The van der Waals surface area contributed by atoms with Crippen molar-refractivity contribution < 1.29 is 9.15 Å². The van der Waals surface area contributed by atoms with Gasteiger partial charge in [0.1, 0.15) is 17.1 Å². The number of H-pyrrole nitrogens is 1. The van der Waals surface area contributed by atoms with Gasteiger partial charge >= 0.3 is 0 Å². The van der Waals surface area contributed by atoms with Crippen molar-refractivity contribution in [2.24, 2.45) is 7.05 Å². The van der Waals surface area contributed by atoms with Crippen LogP contribution >= 0.6 is 0 Å². The van der Waals surface area contributed by atoms with Crippen molar-refractivity contribution >= 4 is 34.0 Å². The normalized spacial score (nSPS) is 11.2. The minimum atomic E-state index is 0.397. The van der Waals surface area contributed by atoms with Crippen molar-refractivity contribution in [3.8, 4) is 17.3 Å². The SMILES string of the molecule is COc1nn(C)cc1Nc1ncc(C)c(-c2n[nH]c3c(Nc4nc(C)oc4C)cncc23)n1. The van der Waals surface area contributed by atoms with Crippen molar-refractivity contribution in [3.63, 3.8) is 0 Å². The highest BCUT2D eigenvalue weighted by atomic mass is 16.5. The van der Waals surface area contributed by atoms with Crippen LogP contribution in [0.3, 0.4) is 0 Å². The maximum absolute atomic E-state index is 5.51. The third-order valence-corrected chi connectivity index (χ3v) is 5.07. The second-order valence-electron chi connectivity index (χ2n) is 7.52. The van der Waals surface area contributed by atoms with Crippen LogP contribution in [0.15, 0.2) is 29.2 Å². The predicted molar refractivity (Wildman–Crippen MR) is 122 cm³/mol. The summed E-state index contributed by atoms with van der Waals surface area (Å²) in [7, 11) is 3.37. The Hall–Kier alpha value is -4.48. The molecule has 0 amide bonds. The maximum atomic E-state index is 5.51. The Morgan fingerprint density at radius 2 is 1.88 bits per heavy atom. The molecule has 0 spiro atoms. The molecule has 0 aromatic carbocycles. The highest BCUT2D eigenvalue weighted by Crippen LogP contribution is 2.33. The molecule has 0 aliphatic rings. The Kier molecular flexibility index (Phi) is 4.89. The summed E-state index contributed by atoms with van der Waals surface area (Å²) >= 11 is 0. The number of rotatable bonds is 6. The molecule has 12 heteroatoms. The highest BCUT2D eigenvalue weighted by molar-refractivity contribution is 5.99. The monoisotopic (exact) mass is 446 g/mol. The van der Waals surface area contributed by atoms with Crippen LogP contribution in [-0.4, -0.2) is 47.0 Å². The second kappa shape index (κ2) is 7.89. The number of aryl methyl sites for hydroxylation is 4. The molecule has 33 heavy (non-hydrogen) atoms. The first-order valence-electron chi connectivity index (χ1n) is 10.1. The number of hydrogen-bond acceptors (Lipinski definition) is 10. The summed E-state index contributed by atoms with van der Waals surface area (Å²) in [5, 5.41) is 19.1. The van der Waals surface area contributed by atoms with Gasteiger partial charge in [-0.15, -0.1) is 5.10 Å². The van der Waals surface area contributed by atoms with E-state index in [4.69, 9.17) is 14.1 Å². The highest BCUT2D eigenvalue weighted by Gasteiger charge is 2.18. The van der Waals surface area contributed by atoms with E-state index in [9.17, 15) is 0 Å². The number of oxazole rings is 1. The lowest BCUT2D eigenvalue weighted by Crippen LogP contribution is -2.01. The Bertz CT molecular complexity index is 1470. The molecular weight excluding hydrogens is 424 g/mol. The molecule has 168 valence electrons. The second-order valence-corrected chi connectivity index (χ2v) is 7.52. The fraction of sp³-hybridized carbons (Fsp3) is 0.238. The van der Waals surface area contributed by atoms with Crippen LogP contribution in [0.1, 0.15) is 17.2 Å². The number of fused-ring (bicyclic) bond motifs is 1. The molecule has 5 heterocycles. The lowest BCUT2D eigenvalue weighted by molar-refractivity contribution is 0.393. The standard InChI is InChI=1S/C21H22N10O2/c1-10-6-23-21(26-15-9-31(4)30-20(15)32-5)27-16(10)18-13-7-22-8-14(17(13)28-29-18)25-19-11(2)33-12(3)24-19/h6-9,25H,1-5H3,(H,28,29)(H,23,26,27). The van der Waals surface area contributed by atoms with Crippen molar-refractivity contribution in [2.45, 2.75) is 20.8 Å². The molecule has 5 aromatic heterocycles. The summed E-state index contributed by atoms with van der Waals surface area (Å²) < 4.78 is 12.5. The summed E-state index contributed by atoms with van der Waals surface area (Å²) in [6, 6.07) is 0. The van der Waals surface area contributed by atoms with Gasteiger partial charge in [-0.3, -0.25) is 14.8 Å². The van der Waals surface area contributed by atoms with Gasteiger partial charge in [0.05, 0.1) is 36.4 Å². The average Bonchev–Trinajstić information content (AvgIpc) is 3.46. The van der Waals surface area contributed by atoms with Gasteiger partial charge in [0.25, 0.3) is 5.88 Å². The Balaban J connectivity index is 1.53. The molecule has 0 unspecified atom stereocenters. The number of pyridine rings is 1. The van der Waals surface area contributed by atoms with E-state index in [1.54, 1.807) is 43.5 Å². The van der Waals surface area contributed by atoms with Crippen LogP contribution < -0.4 is 15.4 Å². The Morgan fingerprint density at radius 1 is 1.03 bits per heavy atom. The van der Waals surface area contributed by atoms with Crippen molar-refractivity contribution in [1.82, 2.24) is 39.9 Å². The third-order valence-electron chi connectivity index (χ3n) is 5.07. The number of methoxy groups -OCH3 is 1. The van der Waals surface area contributed by atoms with Gasteiger partial charge in [0.2, 0.25) is 5.95 Å². The van der Waals surface area contributed by atoms with E-state index in [0.717, 1.165) is 22.2 Å². The average molecular weight is 446 g/mol. The molecule has 12 nitrogen and oxygen atoms in total. The zero-order valence-corrected chi connectivity index (χ0v) is 18.8. The van der Waals surface area contributed by atoms with Crippen LogP contribution in [0.2, 0.25) is 0 Å². The number of hydrogen-bond donors (Lipinski definition) is 3. The van der Waals surface area contributed by atoms with Crippen molar-refractivity contribution in [1.29, 1.82) is 0 Å². The number of nitrogens with zero attached hydrogens (tertiary/aromatic N) is 7. The quantitative estimate of drug-likeness (QED) is 0.354. The van der Waals surface area contributed by atoms with Crippen LogP contribution in [0.5, 0.6) is 5.88 Å². The number of nitrogens with one attached hydrogen (secondary N) is 3. The Labute approximate surface area is 188 Å². The smallest absolute Gasteiger partial charge is 0.256 e. The summed E-state index contributed by atoms with van der Waals surface area (Å²) in [4.78, 5) is 17.9. The molecule has 0 radical (unpaired) electrons. The minimum Gasteiger partial charge on any atom is -0.478 e. The van der Waals surface area contributed by atoms with Gasteiger partial charge in [0.15, 0.2) is 11.7 Å². The van der Waals surface area contributed by atoms with E-state index in [1.165, 1.54) is 0 Å². The largest absolute Gasteiger partial charge is 0.478 e. The summed E-state index contributed by atoms with van der Waals surface area (Å²) in [5.41, 5.74) is 4.38. The van der Waals surface area contributed by atoms with Gasteiger partial charge in [-0.1, -0.05) is 0 Å². The van der Waals surface area contributed by atoms with Crippen LogP contribution in [0, 0.1) is 20.8 Å². The lowest BCUT2D eigenvalue weighted by atomic mass is 10.1. The Morgan fingerprint density at radius 3 is 2.64 bits per heavy atom. The molecule has 0 aliphatic carbocycles. The fourth-order valence-electron chi connectivity index (χ4n) is 3.55. The van der Waals surface area contributed by atoms with Crippen molar-refractivity contribution in [3.05, 3.63) is 42.0 Å². The molecule has 3 N–H and O–H groups in total. The minimum absolute atomic E-state index is 0.397. The number of aromatic amines is 1. The molecule has 0 aliphatic heterocycles. The molecule has 0 atom stereocenters. The topological polar surface area (TPSA) is 144 Å². The summed E-state index contributed by atoms with van der Waals surface area (Å²) in [6.45, 7) is 5.58.